The van der Waals surface area contributed by atoms with Gasteiger partial charge in [0.25, 0.3) is 0 Å². The molecule has 1 aromatic heterocycles. The number of aromatic nitrogens is 1. The van der Waals surface area contributed by atoms with Gasteiger partial charge in [0.1, 0.15) is 0 Å². The maximum atomic E-state index is 4.15. The van der Waals surface area contributed by atoms with E-state index in [9.17, 15) is 0 Å². The lowest BCUT2D eigenvalue weighted by Crippen LogP contribution is -2.39. The van der Waals surface area contributed by atoms with Crippen molar-refractivity contribution in [3.63, 3.8) is 0 Å². The van der Waals surface area contributed by atoms with Crippen LogP contribution >= 0.6 is 24.8 Å². The minimum absolute atomic E-state index is 0. The van der Waals surface area contributed by atoms with E-state index in [0.717, 1.165) is 6.42 Å². The molecule has 0 saturated carbocycles. The number of hydrogen-bond acceptors (Lipinski definition) is 2. The molecule has 3 rings (SSSR count). The smallest absolute Gasteiger partial charge is 0.0357 e. The Bertz CT molecular complexity index is 572. The second kappa shape index (κ2) is 7.45. The van der Waals surface area contributed by atoms with Crippen molar-refractivity contribution in [3.8, 4) is 0 Å². The number of hydrogen-bond donors (Lipinski definition) is 0. The molecule has 1 aromatic carbocycles. The van der Waals surface area contributed by atoms with Crippen LogP contribution in [-0.2, 0) is 0 Å². The summed E-state index contributed by atoms with van der Waals surface area (Å²) in [5.74, 6) is 0.542. The van der Waals surface area contributed by atoms with E-state index < -0.39 is 0 Å². The number of rotatable bonds is 2. The second-order valence-electron chi connectivity index (χ2n) is 6.26. The molecule has 0 aliphatic carbocycles. The van der Waals surface area contributed by atoms with Crippen LogP contribution in [0.2, 0.25) is 0 Å². The largest absolute Gasteiger partial charge is 0.294 e. The Balaban J connectivity index is 0.00000121. The zero-order valence-electron chi connectivity index (χ0n) is 13.3. The minimum atomic E-state index is 0. The van der Waals surface area contributed by atoms with Gasteiger partial charge in [0.2, 0.25) is 0 Å². The van der Waals surface area contributed by atoms with E-state index in [1.807, 2.05) is 12.4 Å². The molecule has 120 valence electrons. The number of likely N-dealkylation sites (tertiary alicyclic amines) is 1. The maximum Gasteiger partial charge on any atom is 0.0357 e. The summed E-state index contributed by atoms with van der Waals surface area (Å²) in [4.78, 5) is 6.67. The summed E-state index contributed by atoms with van der Waals surface area (Å²) in [6.45, 7) is 4.70. The third kappa shape index (κ3) is 3.29. The highest BCUT2D eigenvalue weighted by molar-refractivity contribution is 5.85. The number of benzene rings is 1. The van der Waals surface area contributed by atoms with Crippen LogP contribution in [0.5, 0.6) is 0 Å². The van der Waals surface area contributed by atoms with Gasteiger partial charge in [-0.05, 0) is 50.6 Å². The molecule has 2 aromatic rings. The van der Waals surface area contributed by atoms with Crippen LogP contribution in [-0.4, -0.2) is 22.5 Å². The normalized spacial score (nSPS) is 23.4. The van der Waals surface area contributed by atoms with Crippen molar-refractivity contribution >= 4 is 24.8 Å². The molecule has 1 saturated heterocycles. The van der Waals surface area contributed by atoms with Crippen molar-refractivity contribution in [1.29, 1.82) is 0 Å². The van der Waals surface area contributed by atoms with Gasteiger partial charge in [0, 0.05) is 29.9 Å². The molecule has 1 aliphatic heterocycles. The lowest BCUT2D eigenvalue weighted by Gasteiger charge is -2.35. The van der Waals surface area contributed by atoms with Crippen LogP contribution in [0.15, 0.2) is 54.9 Å². The quantitative estimate of drug-likeness (QED) is 0.776. The van der Waals surface area contributed by atoms with Gasteiger partial charge in [0.15, 0.2) is 0 Å². The summed E-state index contributed by atoms with van der Waals surface area (Å²) >= 11 is 0. The van der Waals surface area contributed by atoms with Gasteiger partial charge in [-0.25, -0.2) is 0 Å². The predicted octanol–water partition coefficient (Wildman–Crippen LogP) is 4.86. The molecule has 2 atom stereocenters. The van der Waals surface area contributed by atoms with E-state index in [2.05, 4.69) is 73.2 Å². The standard InChI is InChI=1S/C18H22N2.2ClH/c1-18(2)16(14-9-11-19-12-10-14)13-17(20(18)3)15-7-5-4-6-8-15;;/h4-12,16-17H,13H2,1-3H3;2*1H/t16-,17+;;/m1../s1. The lowest BCUT2D eigenvalue weighted by atomic mass is 9.82. The Morgan fingerprint density at radius 2 is 1.55 bits per heavy atom. The Labute approximate surface area is 145 Å². The highest BCUT2D eigenvalue weighted by atomic mass is 35.5. The summed E-state index contributed by atoms with van der Waals surface area (Å²) in [5.41, 5.74) is 2.97. The van der Waals surface area contributed by atoms with Crippen molar-refractivity contribution in [1.82, 2.24) is 9.88 Å². The number of likely N-dealkylation sites (N-methyl/N-ethyl adjacent to an activating group) is 1. The predicted molar refractivity (Wildman–Crippen MR) is 97.1 cm³/mol. The van der Waals surface area contributed by atoms with Gasteiger partial charge in [-0.3, -0.25) is 9.88 Å². The molecule has 1 fully saturated rings. The van der Waals surface area contributed by atoms with Gasteiger partial charge < -0.3 is 0 Å². The third-order valence-corrected chi connectivity index (χ3v) is 4.98. The molecule has 0 bridgehead atoms. The van der Waals surface area contributed by atoms with Crippen molar-refractivity contribution in [2.75, 3.05) is 7.05 Å². The van der Waals surface area contributed by atoms with Crippen LogP contribution < -0.4 is 0 Å². The van der Waals surface area contributed by atoms with Crippen LogP contribution in [0, 0.1) is 0 Å². The number of halogens is 2. The first kappa shape index (κ1) is 19.0. The molecule has 1 aliphatic rings. The van der Waals surface area contributed by atoms with Crippen LogP contribution in [0.3, 0.4) is 0 Å². The molecule has 0 spiro atoms. The van der Waals surface area contributed by atoms with E-state index in [-0.39, 0.29) is 30.4 Å². The summed E-state index contributed by atoms with van der Waals surface area (Å²) in [7, 11) is 2.25. The van der Waals surface area contributed by atoms with Crippen LogP contribution in [0.1, 0.15) is 43.4 Å². The zero-order chi connectivity index (χ0) is 14.2. The summed E-state index contributed by atoms with van der Waals surface area (Å²) in [6, 6.07) is 15.7. The van der Waals surface area contributed by atoms with Crippen molar-refractivity contribution in [2.24, 2.45) is 0 Å². The molecule has 2 nitrogen and oxygen atoms in total. The van der Waals surface area contributed by atoms with E-state index in [0.29, 0.717) is 12.0 Å². The lowest BCUT2D eigenvalue weighted by molar-refractivity contribution is 0.159. The van der Waals surface area contributed by atoms with E-state index in [1.165, 1.54) is 11.1 Å². The maximum absolute atomic E-state index is 4.15. The average molecular weight is 339 g/mol. The van der Waals surface area contributed by atoms with Crippen LogP contribution in [0.25, 0.3) is 0 Å². The Kier molecular flexibility index (Phi) is 6.42. The van der Waals surface area contributed by atoms with E-state index in [4.69, 9.17) is 0 Å². The fourth-order valence-corrected chi connectivity index (χ4v) is 3.49. The molecule has 0 radical (unpaired) electrons. The minimum Gasteiger partial charge on any atom is -0.294 e. The van der Waals surface area contributed by atoms with Gasteiger partial charge in [-0.15, -0.1) is 24.8 Å². The Hall–Kier alpha value is -1.09. The van der Waals surface area contributed by atoms with Crippen molar-refractivity contribution < 1.29 is 0 Å². The molecule has 0 N–H and O–H groups in total. The Morgan fingerprint density at radius 3 is 2.14 bits per heavy atom. The highest BCUT2D eigenvalue weighted by Gasteiger charge is 2.45. The highest BCUT2D eigenvalue weighted by Crippen LogP contribution is 2.49. The van der Waals surface area contributed by atoms with Gasteiger partial charge in [-0.1, -0.05) is 30.3 Å². The first-order valence-electron chi connectivity index (χ1n) is 7.28. The van der Waals surface area contributed by atoms with Gasteiger partial charge >= 0.3 is 0 Å². The molecule has 2 heterocycles. The number of nitrogens with zero attached hydrogens (tertiary/aromatic N) is 2. The fraction of sp³-hybridized carbons (Fsp3) is 0.389. The van der Waals surface area contributed by atoms with Gasteiger partial charge in [0.05, 0.1) is 0 Å². The zero-order valence-corrected chi connectivity index (χ0v) is 14.9. The third-order valence-electron chi connectivity index (χ3n) is 4.98. The Morgan fingerprint density at radius 1 is 0.955 bits per heavy atom. The molecule has 0 amide bonds. The molecule has 22 heavy (non-hydrogen) atoms. The van der Waals surface area contributed by atoms with E-state index in [1.54, 1.807) is 0 Å². The van der Waals surface area contributed by atoms with E-state index >= 15 is 0 Å². The summed E-state index contributed by atoms with van der Waals surface area (Å²) < 4.78 is 0. The average Bonchev–Trinajstić information content (AvgIpc) is 2.72. The SMILES string of the molecule is CN1[C@H](c2ccccc2)C[C@H](c2ccncc2)C1(C)C.Cl.Cl. The molecular weight excluding hydrogens is 315 g/mol. The molecule has 0 unspecified atom stereocenters. The van der Waals surface area contributed by atoms with Crippen molar-refractivity contribution in [2.45, 2.75) is 37.8 Å². The monoisotopic (exact) mass is 338 g/mol. The summed E-state index contributed by atoms with van der Waals surface area (Å²) in [6.07, 6.45) is 4.97. The molecular formula is C18H24Cl2N2. The molecule has 4 heteroatoms. The second-order valence-corrected chi connectivity index (χ2v) is 6.26. The summed E-state index contributed by atoms with van der Waals surface area (Å²) in [5, 5.41) is 0. The van der Waals surface area contributed by atoms with Crippen molar-refractivity contribution in [3.05, 3.63) is 66.0 Å². The topological polar surface area (TPSA) is 16.1 Å². The fourth-order valence-electron chi connectivity index (χ4n) is 3.49. The van der Waals surface area contributed by atoms with Crippen LogP contribution in [0.4, 0.5) is 0 Å². The first-order chi connectivity index (χ1) is 9.60. The number of pyridine rings is 1. The van der Waals surface area contributed by atoms with Gasteiger partial charge in [-0.2, -0.15) is 0 Å². The first-order valence-corrected chi connectivity index (χ1v) is 7.28.